The van der Waals surface area contributed by atoms with Crippen LogP contribution < -0.4 is 0 Å². The fraction of sp³-hybridized carbons (Fsp3) is 0.400. The van der Waals surface area contributed by atoms with Crippen molar-refractivity contribution in [3.8, 4) is 0 Å². The number of hydrogen-bond acceptors (Lipinski definition) is 5. The van der Waals surface area contributed by atoms with Crippen LogP contribution in [0.3, 0.4) is 0 Å². The molecule has 0 saturated carbocycles. The van der Waals surface area contributed by atoms with Gasteiger partial charge in [0.15, 0.2) is 0 Å². The van der Waals surface area contributed by atoms with Crippen molar-refractivity contribution in [2.75, 3.05) is 20.2 Å². The largest absolute Gasteiger partial charge is 0.396 e. The van der Waals surface area contributed by atoms with Crippen LogP contribution in [0.1, 0.15) is 6.42 Å². The first kappa shape index (κ1) is 15.8. The van der Waals surface area contributed by atoms with Crippen LogP contribution in [0.4, 0.5) is 5.69 Å². The Bertz CT molecular complexity index is 575. The Balaban J connectivity index is 3.20. The first-order chi connectivity index (χ1) is 8.80. The summed E-state index contributed by atoms with van der Waals surface area (Å²) in [5, 5.41) is 19.3. The van der Waals surface area contributed by atoms with Gasteiger partial charge in [-0.15, -0.1) is 0 Å². The number of sulfonamides is 1. The van der Waals surface area contributed by atoms with E-state index in [1.54, 1.807) is 0 Å². The molecule has 0 unspecified atom stereocenters. The number of aliphatic hydroxyl groups is 1. The zero-order valence-corrected chi connectivity index (χ0v) is 11.7. The summed E-state index contributed by atoms with van der Waals surface area (Å²) in [4.78, 5) is 9.65. The molecule has 0 radical (unpaired) electrons. The predicted molar refractivity (Wildman–Crippen MR) is 69.6 cm³/mol. The van der Waals surface area contributed by atoms with Crippen LogP contribution in [0, 0.1) is 10.1 Å². The van der Waals surface area contributed by atoms with Gasteiger partial charge in [0.1, 0.15) is 4.90 Å². The van der Waals surface area contributed by atoms with Gasteiger partial charge in [-0.25, -0.2) is 12.7 Å². The summed E-state index contributed by atoms with van der Waals surface area (Å²) < 4.78 is 25.3. The van der Waals surface area contributed by atoms with Crippen LogP contribution >= 0.6 is 11.6 Å². The topological polar surface area (TPSA) is 101 Å². The van der Waals surface area contributed by atoms with Crippen LogP contribution in [0.2, 0.25) is 5.02 Å². The highest BCUT2D eigenvalue weighted by Crippen LogP contribution is 2.28. The molecule has 0 fully saturated rings. The average molecular weight is 309 g/mol. The lowest BCUT2D eigenvalue weighted by molar-refractivity contribution is -0.385. The number of aliphatic hydroxyl groups excluding tert-OH is 1. The van der Waals surface area contributed by atoms with Crippen LogP contribution in [-0.4, -0.2) is 43.0 Å². The maximum atomic E-state index is 12.2. The summed E-state index contributed by atoms with van der Waals surface area (Å²) in [6, 6.07) is 3.23. The Kier molecular flexibility index (Phi) is 5.24. The molecule has 1 rings (SSSR count). The molecule has 0 amide bonds. The molecule has 1 aromatic rings. The maximum Gasteiger partial charge on any atom is 0.270 e. The van der Waals surface area contributed by atoms with Crippen LogP contribution in [-0.2, 0) is 10.0 Å². The summed E-state index contributed by atoms with van der Waals surface area (Å²) in [7, 11) is -2.59. The Morgan fingerprint density at radius 1 is 1.47 bits per heavy atom. The van der Waals surface area contributed by atoms with Gasteiger partial charge in [-0.1, -0.05) is 11.6 Å². The van der Waals surface area contributed by atoms with Gasteiger partial charge >= 0.3 is 0 Å². The van der Waals surface area contributed by atoms with Gasteiger partial charge in [-0.05, 0) is 12.5 Å². The smallest absolute Gasteiger partial charge is 0.270 e. The minimum atomic E-state index is -3.91. The third-order valence-corrected chi connectivity index (χ3v) is 4.78. The quantitative estimate of drug-likeness (QED) is 0.629. The normalized spacial score (nSPS) is 11.8. The third kappa shape index (κ3) is 3.63. The van der Waals surface area contributed by atoms with Gasteiger partial charge in [-0.2, -0.15) is 0 Å². The average Bonchev–Trinajstić information content (AvgIpc) is 2.35. The molecule has 0 spiro atoms. The van der Waals surface area contributed by atoms with E-state index in [1.165, 1.54) is 13.1 Å². The molecule has 0 aromatic heterocycles. The number of nitro benzene ring substituents is 1. The van der Waals surface area contributed by atoms with E-state index < -0.39 is 14.9 Å². The summed E-state index contributed by atoms with van der Waals surface area (Å²) in [5.74, 6) is 0. The minimum Gasteiger partial charge on any atom is -0.396 e. The van der Waals surface area contributed by atoms with Crippen molar-refractivity contribution in [2.24, 2.45) is 0 Å². The first-order valence-electron chi connectivity index (χ1n) is 5.32. The molecule has 0 bridgehead atoms. The molecule has 1 N–H and O–H groups in total. The van der Waals surface area contributed by atoms with E-state index in [9.17, 15) is 18.5 Å². The molecule has 7 nitrogen and oxygen atoms in total. The van der Waals surface area contributed by atoms with Crippen LogP contribution in [0.5, 0.6) is 0 Å². The minimum absolute atomic E-state index is 0.0820. The van der Waals surface area contributed by atoms with Gasteiger partial charge in [0.2, 0.25) is 10.0 Å². The summed E-state index contributed by atoms with van der Waals surface area (Å²) in [5.41, 5.74) is -0.349. The van der Waals surface area contributed by atoms with Crippen LogP contribution in [0.25, 0.3) is 0 Å². The molecule has 106 valence electrons. The van der Waals surface area contributed by atoms with E-state index in [-0.39, 0.29) is 35.2 Å². The molecular formula is C10H13ClN2O5S. The molecule has 0 saturated heterocycles. The van der Waals surface area contributed by atoms with Crippen molar-refractivity contribution in [3.63, 3.8) is 0 Å². The SMILES string of the molecule is CN(CCCO)S(=O)(=O)c1cc([N+](=O)[O-])ccc1Cl. The second kappa shape index (κ2) is 6.29. The van der Waals surface area contributed by atoms with Crippen molar-refractivity contribution in [2.45, 2.75) is 11.3 Å². The molecule has 1 aromatic carbocycles. The molecular weight excluding hydrogens is 296 g/mol. The lowest BCUT2D eigenvalue weighted by atomic mass is 10.3. The molecule has 0 aliphatic carbocycles. The number of benzene rings is 1. The molecule has 9 heteroatoms. The standard InChI is InChI=1S/C10H13ClN2O5S/c1-12(5-2-6-14)19(17,18)10-7-8(13(15)16)3-4-9(10)11/h3-4,7,14H,2,5-6H2,1H3. The third-order valence-electron chi connectivity index (χ3n) is 2.44. The number of nitro groups is 1. The number of nitrogens with zero attached hydrogens (tertiary/aromatic N) is 2. The fourth-order valence-corrected chi connectivity index (χ4v) is 3.08. The van der Waals surface area contributed by atoms with E-state index in [4.69, 9.17) is 16.7 Å². The Hall–Kier alpha value is -1.22. The second-order valence-corrected chi connectivity index (χ2v) is 6.20. The molecule has 0 aliphatic heterocycles. The number of rotatable bonds is 6. The first-order valence-corrected chi connectivity index (χ1v) is 7.13. The Morgan fingerprint density at radius 3 is 2.63 bits per heavy atom. The number of non-ortho nitro benzene ring substituents is 1. The van der Waals surface area contributed by atoms with Gasteiger partial charge in [0, 0.05) is 32.3 Å². The van der Waals surface area contributed by atoms with E-state index in [0.29, 0.717) is 0 Å². The highest BCUT2D eigenvalue weighted by Gasteiger charge is 2.25. The Labute approximate surface area is 115 Å². The van der Waals surface area contributed by atoms with Gasteiger partial charge < -0.3 is 5.11 Å². The number of halogens is 1. The van der Waals surface area contributed by atoms with Gasteiger partial charge in [0.25, 0.3) is 5.69 Å². The van der Waals surface area contributed by atoms with Gasteiger partial charge in [-0.3, -0.25) is 10.1 Å². The molecule has 0 atom stereocenters. The van der Waals surface area contributed by atoms with Crippen LogP contribution in [0.15, 0.2) is 23.1 Å². The zero-order chi connectivity index (χ0) is 14.6. The van der Waals surface area contributed by atoms with Crippen molar-refractivity contribution >= 4 is 27.3 Å². The zero-order valence-electron chi connectivity index (χ0n) is 10.1. The summed E-state index contributed by atoms with van der Waals surface area (Å²) >= 11 is 5.79. The Morgan fingerprint density at radius 2 is 2.11 bits per heavy atom. The van der Waals surface area contributed by atoms with Crippen molar-refractivity contribution in [1.29, 1.82) is 0 Å². The lowest BCUT2D eigenvalue weighted by Gasteiger charge is -2.17. The maximum absolute atomic E-state index is 12.2. The second-order valence-electron chi connectivity index (χ2n) is 3.78. The highest BCUT2D eigenvalue weighted by molar-refractivity contribution is 7.89. The van der Waals surface area contributed by atoms with Crippen molar-refractivity contribution < 1.29 is 18.4 Å². The van der Waals surface area contributed by atoms with E-state index in [2.05, 4.69) is 0 Å². The molecule has 19 heavy (non-hydrogen) atoms. The van der Waals surface area contributed by atoms with E-state index in [1.807, 2.05) is 0 Å². The molecule has 0 heterocycles. The van der Waals surface area contributed by atoms with Crippen molar-refractivity contribution in [3.05, 3.63) is 33.3 Å². The van der Waals surface area contributed by atoms with Gasteiger partial charge in [0.05, 0.1) is 9.95 Å². The predicted octanol–water partition coefficient (Wildman–Crippen LogP) is 1.25. The highest BCUT2D eigenvalue weighted by atomic mass is 35.5. The van der Waals surface area contributed by atoms with E-state index >= 15 is 0 Å². The van der Waals surface area contributed by atoms with E-state index in [0.717, 1.165) is 16.4 Å². The number of hydrogen-bond donors (Lipinski definition) is 1. The fourth-order valence-electron chi connectivity index (χ4n) is 1.38. The lowest BCUT2D eigenvalue weighted by Crippen LogP contribution is -2.28. The monoisotopic (exact) mass is 308 g/mol. The molecule has 0 aliphatic rings. The summed E-state index contributed by atoms with van der Waals surface area (Å²) in [6.07, 6.45) is 0.266. The summed E-state index contributed by atoms with van der Waals surface area (Å²) in [6.45, 7) is -0.0552. The van der Waals surface area contributed by atoms with Crippen molar-refractivity contribution in [1.82, 2.24) is 4.31 Å².